The zero-order valence-corrected chi connectivity index (χ0v) is 11.5. The van der Waals surface area contributed by atoms with Crippen LogP contribution in [0.4, 0.5) is 10.1 Å². The lowest BCUT2D eigenvalue weighted by Gasteiger charge is -2.32. The molecule has 0 heterocycles. The Bertz CT molecular complexity index is 427. The molecule has 0 fully saturated rings. The van der Waals surface area contributed by atoms with Gasteiger partial charge in [0, 0.05) is 23.8 Å². The number of anilines is 1. The highest BCUT2D eigenvalue weighted by molar-refractivity contribution is 6.00. The van der Waals surface area contributed by atoms with Crippen LogP contribution in [0.2, 0.25) is 0 Å². The van der Waals surface area contributed by atoms with Crippen molar-refractivity contribution in [1.29, 1.82) is 5.41 Å². The zero-order valence-electron chi connectivity index (χ0n) is 11.5. The third kappa shape index (κ3) is 3.45. The van der Waals surface area contributed by atoms with E-state index in [9.17, 15) is 4.39 Å². The molecule has 0 aliphatic heterocycles. The van der Waals surface area contributed by atoms with Gasteiger partial charge in [0.1, 0.15) is 11.7 Å². The molecule has 0 unspecified atom stereocenters. The van der Waals surface area contributed by atoms with E-state index < -0.39 is 0 Å². The number of hydrogen-bond donors (Lipinski definition) is 2. The number of nitrogen functional groups attached to an aromatic ring is 1. The van der Waals surface area contributed by atoms with E-state index >= 15 is 0 Å². The molecular weight excluding hydrogens is 229 g/mol. The van der Waals surface area contributed by atoms with Crippen LogP contribution in [0.5, 0.6) is 0 Å². The van der Waals surface area contributed by atoms with Crippen LogP contribution in [-0.2, 0) is 0 Å². The Morgan fingerprint density at radius 1 is 1.33 bits per heavy atom. The molecule has 1 rings (SSSR count). The number of halogens is 1. The lowest BCUT2D eigenvalue weighted by molar-refractivity contribution is 0.569. The van der Waals surface area contributed by atoms with Gasteiger partial charge in [-0.2, -0.15) is 0 Å². The van der Waals surface area contributed by atoms with Gasteiger partial charge in [-0.15, -0.1) is 0 Å². The molecule has 1 aromatic carbocycles. The molecule has 0 bridgehead atoms. The van der Waals surface area contributed by atoms with Gasteiger partial charge in [0.2, 0.25) is 0 Å². The van der Waals surface area contributed by atoms with Gasteiger partial charge in [-0.05, 0) is 38.0 Å². The maximum Gasteiger partial charge on any atom is 0.125 e. The Morgan fingerprint density at radius 3 is 2.39 bits per heavy atom. The SMILES string of the molecule is CC(C)CN(c1ccc(F)cc1C(=N)N)C(C)C. The van der Waals surface area contributed by atoms with E-state index in [2.05, 4.69) is 32.6 Å². The third-order valence-electron chi connectivity index (χ3n) is 2.74. The summed E-state index contributed by atoms with van der Waals surface area (Å²) in [6.45, 7) is 9.27. The fourth-order valence-electron chi connectivity index (χ4n) is 1.96. The molecule has 18 heavy (non-hydrogen) atoms. The molecule has 3 nitrogen and oxygen atoms in total. The third-order valence-corrected chi connectivity index (χ3v) is 2.74. The summed E-state index contributed by atoms with van der Waals surface area (Å²) in [7, 11) is 0. The fraction of sp³-hybridized carbons (Fsp3) is 0.500. The topological polar surface area (TPSA) is 53.1 Å². The monoisotopic (exact) mass is 251 g/mol. The molecule has 0 aromatic heterocycles. The molecule has 0 spiro atoms. The normalized spacial score (nSPS) is 11.1. The minimum absolute atomic E-state index is 0.0982. The Hall–Kier alpha value is -1.58. The van der Waals surface area contributed by atoms with Crippen LogP contribution < -0.4 is 10.6 Å². The van der Waals surface area contributed by atoms with Gasteiger partial charge in [0.25, 0.3) is 0 Å². The number of nitrogens with zero attached hydrogens (tertiary/aromatic N) is 1. The summed E-state index contributed by atoms with van der Waals surface area (Å²) in [5.74, 6) is 0.0216. The Balaban J connectivity index is 3.22. The van der Waals surface area contributed by atoms with Crippen LogP contribution >= 0.6 is 0 Å². The van der Waals surface area contributed by atoms with E-state index in [1.165, 1.54) is 12.1 Å². The molecule has 3 N–H and O–H groups in total. The van der Waals surface area contributed by atoms with Crippen molar-refractivity contribution in [1.82, 2.24) is 0 Å². The Kier molecular flexibility index (Phi) is 4.70. The van der Waals surface area contributed by atoms with E-state index in [0.29, 0.717) is 11.5 Å². The molecule has 0 amide bonds. The molecule has 0 atom stereocenters. The van der Waals surface area contributed by atoms with Gasteiger partial charge in [-0.3, -0.25) is 5.41 Å². The number of amidine groups is 1. The number of nitrogens with two attached hydrogens (primary N) is 1. The lowest BCUT2D eigenvalue weighted by Crippen LogP contribution is -2.35. The molecule has 1 aromatic rings. The van der Waals surface area contributed by atoms with Gasteiger partial charge in [-0.1, -0.05) is 13.8 Å². The van der Waals surface area contributed by atoms with Crippen LogP contribution in [0.1, 0.15) is 33.3 Å². The molecule has 0 aliphatic rings. The molecule has 0 saturated carbocycles. The van der Waals surface area contributed by atoms with Crippen LogP contribution in [0.3, 0.4) is 0 Å². The average Bonchev–Trinajstić information content (AvgIpc) is 2.25. The highest BCUT2D eigenvalue weighted by Gasteiger charge is 2.17. The highest BCUT2D eigenvalue weighted by Crippen LogP contribution is 2.24. The summed E-state index contributed by atoms with van der Waals surface area (Å²) in [6.07, 6.45) is 0. The smallest absolute Gasteiger partial charge is 0.125 e. The predicted molar refractivity (Wildman–Crippen MR) is 74.7 cm³/mol. The first kappa shape index (κ1) is 14.5. The lowest BCUT2D eigenvalue weighted by atomic mass is 10.1. The summed E-state index contributed by atoms with van der Waals surface area (Å²) < 4.78 is 13.3. The van der Waals surface area contributed by atoms with Gasteiger partial charge in [0.05, 0.1) is 0 Å². The minimum Gasteiger partial charge on any atom is -0.384 e. The van der Waals surface area contributed by atoms with Gasteiger partial charge < -0.3 is 10.6 Å². The number of nitrogens with one attached hydrogen (secondary N) is 1. The van der Waals surface area contributed by atoms with E-state index in [0.717, 1.165) is 12.2 Å². The molecule has 100 valence electrons. The first-order valence-corrected chi connectivity index (χ1v) is 6.23. The highest BCUT2D eigenvalue weighted by atomic mass is 19.1. The van der Waals surface area contributed by atoms with Crippen molar-refractivity contribution in [3.8, 4) is 0 Å². The van der Waals surface area contributed by atoms with E-state index in [1.54, 1.807) is 6.07 Å². The summed E-state index contributed by atoms with van der Waals surface area (Å²) >= 11 is 0. The fourth-order valence-corrected chi connectivity index (χ4v) is 1.96. The first-order valence-electron chi connectivity index (χ1n) is 6.23. The number of rotatable bonds is 5. The number of benzene rings is 1. The van der Waals surface area contributed by atoms with Gasteiger partial charge >= 0.3 is 0 Å². The van der Waals surface area contributed by atoms with Crippen molar-refractivity contribution in [3.63, 3.8) is 0 Å². The molecule has 4 heteroatoms. The second-order valence-electron chi connectivity index (χ2n) is 5.22. The molecule has 0 saturated heterocycles. The van der Waals surface area contributed by atoms with Crippen LogP contribution in [0, 0.1) is 17.1 Å². The second kappa shape index (κ2) is 5.85. The van der Waals surface area contributed by atoms with Gasteiger partial charge in [-0.25, -0.2) is 4.39 Å². The van der Waals surface area contributed by atoms with Crippen LogP contribution in [0.15, 0.2) is 18.2 Å². The molecule has 0 radical (unpaired) electrons. The predicted octanol–water partition coefficient (Wildman–Crippen LogP) is 2.98. The molecule has 0 aliphatic carbocycles. The summed E-state index contributed by atoms with van der Waals surface area (Å²) in [5.41, 5.74) is 6.83. The maximum atomic E-state index is 13.3. The summed E-state index contributed by atoms with van der Waals surface area (Å²) in [4.78, 5) is 2.15. The molecular formula is C14H22FN3. The van der Waals surface area contributed by atoms with Crippen LogP contribution in [0.25, 0.3) is 0 Å². The van der Waals surface area contributed by atoms with Crippen molar-refractivity contribution in [2.24, 2.45) is 11.7 Å². The van der Waals surface area contributed by atoms with Crippen molar-refractivity contribution in [3.05, 3.63) is 29.6 Å². The second-order valence-corrected chi connectivity index (χ2v) is 5.22. The van der Waals surface area contributed by atoms with Crippen LogP contribution in [-0.4, -0.2) is 18.4 Å². The van der Waals surface area contributed by atoms with E-state index in [1.807, 2.05) is 0 Å². The summed E-state index contributed by atoms with van der Waals surface area (Å²) in [5, 5.41) is 7.57. The standard InChI is InChI=1S/C14H22FN3/c1-9(2)8-18(10(3)4)13-6-5-11(15)7-12(13)14(16)17/h5-7,9-10H,8H2,1-4H3,(H3,16,17). The quantitative estimate of drug-likeness (QED) is 0.624. The van der Waals surface area contributed by atoms with Crippen molar-refractivity contribution in [2.45, 2.75) is 33.7 Å². The number of hydrogen-bond acceptors (Lipinski definition) is 2. The van der Waals surface area contributed by atoms with Crippen molar-refractivity contribution in [2.75, 3.05) is 11.4 Å². The van der Waals surface area contributed by atoms with Crippen molar-refractivity contribution < 1.29 is 4.39 Å². The van der Waals surface area contributed by atoms with E-state index in [-0.39, 0.29) is 17.7 Å². The van der Waals surface area contributed by atoms with E-state index in [4.69, 9.17) is 11.1 Å². The Labute approximate surface area is 108 Å². The average molecular weight is 251 g/mol. The summed E-state index contributed by atoms with van der Waals surface area (Å²) in [6, 6.07) is 4.72. The Morgan fingerprint density at radius 2 is 1.94 bits per heavy atom. The first-order chi connectivity index (χ1) is 8.32. The maximum absolute atomic E-state index is 13.3. The largest absolute Gasteiger partial charge is 0.384 e. The van der Waals surface area contributed by atoms with Crippen molar-refractivity contribution >= 4 is 11.5 Å². The van der Waals surface area contributed by atoms with Gasteiger partial charge in [0.15, 0.2) is 0 Å². The zero-order chi connectivity index (χ0) is 13.9. The minimum atomic E-state index is -0.364.